The molecule has 0 spiro atoms. The number of pyridine rings is 6. The van der Waals surface area contributed by atoms with E-state index in [4.69, 9.17) is 0 Å². The standard InChI is InChI=1S/3C16H16N2.2ClH.6H2O.Ru/c3*1-9-7-17-15-13(11(9)3)5-6-14-12(4)10(2)8-18-16(14)15;;;;;;;;;/h3*5-8H,1-4H3;2*1H;6*1H2;/q;;;;;;;;;;;+2/p-2. The maximum atomic E-state index is 4.58. The van der Waals surface area contributed by atoms with Crippen LogP contribution in [0.2, 0.25) is 0 Å². The molecule has 9 aromatic rings. The van der Waals surface area contributed by atoms with E-state index >= 15 is 0 Å². The largest absolute Gasteiger partial charge is 2.00 e. The maximum Gasteiger partial charge on any atom is 2.00 e. The average molecular weight is 989 g/mol. The summed E-state index contributed by atoms with van der Waals surface area (Å²) in [5.41, 5.74) is 21.2. The Bertz CT molecular complexity index is 2490. The van der Waals surface area contributed by atoms with E-state index in [0.717, 1.165) is 33.1 Å². The van der Waals surface area contributed by atoms with Crippen molar-refractivity contribution in [3.63, 3.8) is 0 Å². The van der Waals surface area contributed by atoms with Crippen molar-refractivity contribution in [1.82, 2.24) is 29.9 Å². The van der Waals surface area contributed by atoms with Crippen LogP contribution >= 0.6 is 0 Å². The average Bonchev–Trinajstić information content (AvgIpc) is 3.17. The minimum atomic E-state index is 0. The molecule has 0 radical (unpaired) electrons. The van der Waals surface area contributed by atoms with Crippen molar-refractivity contribution in [2.75, 3.05) is 0 Å². The zero-order valence-electron chi connectivity index (χ0n) is 37.7. The smallest absolute Gasteiger partial charge is 1.00 e. The van der Waals surface area contributed by atoms with E-state index in [0.29, 0.717) is 0 Å². The molecular formula is C48H60Cl2N6O6Ru. The molecule has 15 heteroatoms. The monoisotopic (exact) mass is 988 g/mol. The second-order valence-electron chi connectivity index (χ2n) is 15.0. The molecule has 0 bridgehead atoms. The van der Waals surface area contributed by atoms with Crippen LogP contribution in [0, 0.1) is 83.1 Å². The third-order valence-electron chi connectivity index (χ3n) is 11.8. The van der Waals surface area contributed by atoms with Crippen LogP contribution in [0.25, 0.3) is 65.4 Å². The summed E-state index contributed by atoms with van der Waals surface area (Å²) in [6.07, 6.45) is 11.6. The van der Waals surface area contributed by atoms with Gasteiger partial charge in [-0.25, -0.2) is 0 Å². The molecule has 0 fully saturated rings. The molecule has 0 amide bonds. The molecule has 0 aliphatic carbocycles. The topological polar surface area (TPSA) is 266 Å². The Morgan fingerprint density at radius 2 is 0.349 bits per heavy atom. The van der Waals surface area contributed by atoms with E-state index in [1.807, 2.05) is 37.2 Å². The predicted molar refractivity (Wildman–Crippen MR) is 250 cm³/mol. The van der Waals surface area contributed by atoms with Crippen molar-refractivity contribution < 1.29 is 77.1 Å². The van der Waals surface area contributed by atoms with Gasteiger partial charge in [0.2, 0.25) is 0 Å². The van der Waals surface area contributed by atoms with Crippen molar-refractivity contribution in [3.8, 4) is 0 Å². The van der Waals surface area contributed by atoms with Crippen LogP contribution in [-0.2, 0) is 19.5 Å². The summed E-state index contributed by atoms with van der Waals surface area (Å²) in [5.74, 6) is 0. The van der Waals surface area contributed by atoms with Crippen molar-refractivity contribution in [3.05, 3.63) is 140 Å². The van der Waals surface area contributed by atoms with Gasteiger partial charge in [-0.1, -0.05) is 36.4 Å². The fraction of sp³-hybridized carbons (Fsp3) is 0.250. The first-order chi connectivity index (χ1) is 25.8. The fourth-order valence-electron chi connectivity index (χ4n) is 7.16. The maximum absolute atomic E-state index is 4.58. The van der Waals surface area contributed by atoms with E-state index < -0.39 is 0 Å². The van der Waals surface area contributed by atoms with Crippen LogP contribution < -0.4 is 24.8 Å². The van der Waals surface area contributed by atoms with Crippen LogP contribution in [0.5, 0.6) is 0 Å². The van der Waals surface area contributed by atoms with E-state index in [1.165, 1.54) is 99.1 Å². The van der Waals surface area contributed by atoms with E-state index in [9.17, 15) is 0 Å². The van der Waals surface area contributed by atoms with Gasteiger partial charge in [-0.05, 0) is 150 Å². The number of benzene rings is 3. The van der Waals surface area contributed by atoms with Gasteiger partial charge >= 0.3 is 19.5 Å². The third-order valence-corrected chi connectivity index (χ3v) is 11.8. The van der Waals surface area contributed by atoms with Crippen LogP contribution in [-0.4, -0.2) is 62.8 Å². The van der Waals surface area contributed by atoms with Crippen molar-refractivity contribution in [2.24, 2.45) is 0 Å². The number of halogens is 2. The molecule has 340 valence electrons. The van der Waals surface area contributed by atoms with Gasteiger partial charge in [-0.3, -0.25) is 29.9 Å². The summed E-state index contributed by atoms with van der Waals surface area (Å²) in [5, 5.41) is 7.24. The first kappa shape index (κ1) is 62.4. The second kappa shape index (κ2) is 24.8. The Labute approximate surface area is 393 Å². The number of aromatic nitrogens is 6. The molecule has 6 aromatic heterocycles. The molecule has 0 atom stereocenters. The molecule has 3 aromatic carbocycles. The quantitative estimate of drug-likeness (QED) is 0.159. The molecule has 12 N–H and O–H groups in total. The van der Waals surface area contributed by atoms with Gasteiger partial charge in [-0.15, -0.1) is 0 Å². The zero-order chi connectivity index (χ0) is 38.6. The number of rotatable bonds is 0. The van der Waals surface area contributed by atoms with E-state index in [-0.39, 0.29) is 77.1 Å². The van der Waals surface area contributed by atoms with Crippen LogP contribution in [0.4, 0.5) is 0 Å². The Morgan fingerprint density at radius 1 is 0.238 bits per heavy atom. The third kappa shape index (κ3) is 11.2. The first-order valence-electron chi connectivity index (χ1n) is 18.6. The molecule has 0 unspecified atom stereocenters. The Balaban J connectivity index is -0.000000800. The molecule has 9 rings (SSSR count). The Morgan fingerprint density at radius 3 is 0.460 bits per heavy atom. The normalized spacial score (nSPS) is 9.71. The summed E-state index contributed by atoms with van der Waals surface area (Å²) in [6.45, 7) is 25.5. The zero-order valence-corrected chi connectivity index (χ0v) is 41.0. The molecule has 63 heavy (non-hydrogen) atoms. The van der Waals surface area contributed by atoms with Gasteiger partial charge in [0.25, 0.3) is 0 Å². The molecule has 0 saturated carbocycles. The van der Waals surface area contributed by atoms with Gasteiger partial charge in [0.05, 0.1) is 33.1 Å². The minimum absolute atomic E-state index is 0. The molecule has 0 aliphatic rings. The number of hydrogen-bond acceptors (Lipinski definition) is 6. The van der Waals surface area contributed by atoms with E-state index in [1.54, 1.807) is 0 Å². The SMILES string of the molecule is Cc1cnc2c(ccc3c(C)c(C)cnc32)c1C.Cc1cnc2c(ccc3c(C)c(C)cnc32)c1C.Cc1cnc2c(ccc3c(C)c(C)cnc32)c1C.O.O.O.O.O.O.[Cl-].[Cl-].[Ru+2]. The van der Waals surface area contributed by atoms with Gasteiger partial charge in [0.15, 0.2) is 0 Å². The van der Waals surface area contributed by atoms with Gasteiger partial charge in [0.1, 0.15) is 0 Å². The van der Waals surface area contributed by atoms with Gasteiger partial charge < -0.3 is 57.7 Å². The number of fused-ring (bicyclic) bond motifs is 9. The number of aryl methyl sites for hydroxylation is 12. The summed E-state index contributed by atoms with van der Waals surface area (Å²) in [6, 6.07) is 13.0. The molecule has 0 aliphatic heterocycles. The summed E-state index contributed by atoms with van der Waals surface area (Å²) >= 11 is 0. The van der Waals surface area contributed by atoms with Crippen molar-refractivity contribution in [1.29, 1.82) is 0 Å². The summed E-state index contributed by atoms with van der Waals surface area (Å²) < 4.78 is 0. The Kier molecular flexibility index (Phi) is 24.6. The van der Waals surface area contributed by atoms with Crippen LogP contribution in [0.3, 0.4) is 0 Å². The number of nitrogens with zero attached hydrogens (tertiary/aromatic N) is 6. The molecule has 12 nitrogen and oxygen atoms in total. The molecule has 6 heterocycles. The van der Waals surface area contributed by atoms with E-state index in [2.05, 4.69) is 149 Å². The molecular weight excluding hydrogens is 929 g/mol. The predicted octanol–water partition coefficient (Wildman–Crippen LogP) is 1.11. The van der Waals surface area contributed by atoms with Crippen LogP contribution in [0.1, 0.15) is 66.8 Å². The van der Waals surface area contributed by atoms with Gasteiger partial charge in [0, 0.05) is 69.5 Å². The summed E-state index contributed by atoms with van der Waals surface area (Å²) in [7, 11) is 0. The Hall–Kier alpha value is -4.92. The van der Waals surface area contributed by atoms with Gasteiger partial charge in [-0.2, -0.15) is 0 Å². The minimum Gasteiger partial charge on any atom is -1.00 e. The first-order valence-corrected chi connectivity index (χ1v) is 18.6. The number of hydrogen-bond donors (Lipinski definition) is 0. The summed E-state index contributed by atoms with van der Waals surface area (Å²) in [4.78, 5) is 27.5. The second-order valence-corrected chi connectivity index (χ2v) is 15.0. The molecule has 0 saturated heterocycles. The van der Waals surface area contributed by atoms with Crippen molar-refractivity contribution >= 4 is 65.4 Å². The van der Waals surface area contributed by atoms with Crippen molar-refractivity contribution in [2.45, 2.75) is 83.1 Å². The fourth-order valence-corrected chi connectivity index (χ4v) is 7.16. The van der Waals surface area contributed by atoms with Crippen LogP contribution in [0.15, 0.2) is 73.6 Å².